The molecule has 4 rings (SSSR count). The summed E-state index contributed by atoms with van der Waals surface area (Å²) in [6, 6.07) is 8.47. The number of fused-ring (bicyclic) bond motifs is 1. The van der Waals surface area contributed by atoms with Crippen LogP contribution in [0, 0.1) is 0 Å². The minimum absolute atomic E-state index is 0.320. The highest BCUT2D eigenvalue weighted by molar-refractivity contribution is 5.26. The Morgan fingerprint density at radius 3 is 2.39 bits per heavy atom. The van der Waals surface area contributed by atoms with E-state index in [0.29, 0.717) is 17.9 Å². The van der Waals surface area contributed by atoms with Crippen LogP contribution in [-0.2, 0) is 17.7 Å². The van der Waals surface area contributed by atoms with Gasteiger partial charge in [-0.25, -0.2) is 0 Å². The van der Waals surface area contributed by atoms with Gasteiger partial charge in [0.25, 0.3) is 0 Å². The molecule has 182 valence electrons. The van der Waals surface area contributed by atoms with Crippen LogP contribution in [0.3, 0.4) is 0 Å². The molecule has 0 aliphatic carbocycles. The van der Waals surface area contributed by atoms with Gasteiger partial charge in [0.2, 0.25) is 0 Å². The molecular weight excluding hydrogens is 412 g/mol. The average Bonchev–Trinajstić information content (AvgIpc) is 2.84. The van der Waals surface area contributed by atoms with E-state index in [1.165, 1.54) is 17.0 Å². The number of hydrogen-bond donors (Lipinski definition) is 1. The molecule has 0 unspecified atom stereocenters. The first-order valence-corrected chi connectivity index (χ1v) is 12.5. The highest BCUT2D eigenvalue weighted by Gasteiger charge is 2.20. The largest absolute Gasteiger partial charge is 0.489 e. The number of nitrogens with one attached hydrogen (secondary N) is 1. The van der Waals surface area contributed by atoms with Crippen molar-refractivity contribution in [3.63, 3.8) is 0 Å². The third-order valence-corrected chi connectivity index (χ3v) is 6.34. The van der Waals surface area contributed by atoms with Crippen LogP contribution >= 0.6 is 0 Å². The zero-order chi connectivity index (χ0) is 23.6. The summed E-state index contributed by atoms with van der Waals surface area (Å²) < 4.78 is 11.1. The summed E-state index contributed by atoms with van der Waals surface area (Å²) in [5.74, 6) is 1.90. The molecule has 0 radical (unpaired) electrons. The molecule has 2 aromatic heterocycles. The topological polar surface area (TPSA) is 59.5 Å². The fraction of sp³-hybridized carbons (Fsp3) is 0.630. The monoisotopic (exact) mass is 454 g/mol. The molecule has 4 heterocycles. The summed E-state index contributed by atoms with van der Waals surface area (Å²) >= 11 is 0. The van der Waals surface area contributed by atoms with E-state index >= 15 is 0 Å². The van der Waals surface area contributed by atoms with E-state index in [1.54, 1.807) is 7.11 Å². The Morgan fingerprint density at radius 2 is 1.76 bits per heavy atom. The van der Waals surface area contributed by atoms with E-state index in [9.17, 15) is 0 Å². The van der Waals surface area contributed by atoms with Crippen molar-refractivity contribution in [1.29, 1.82) is 0 Å². The third-order valence-electron chi connectivity index (χ3n) is 6.34. The SMILES string of the molecule is CC(C)c1ccc2c(n1)CCNC2.COCCN1CCC(Oc2ccc(C(C)C)nc2)CC1. The Balaban J connectivity index is 0.000000203. The second-order valence-corrected chi connectivity index (χ2v) is 9.65. The standard InChI is InChI=1S/C16H26N2O2.C11H16N2/c1-13(2)16-5-4-15(12-17-16)20-14-6-8-18(9-7-14)10-11-19-3;1-8(2)10-4-3-9-7-12-6-5-11(9)13-10/h4-5,12-14H,6-11H2,1-3H3;3-4,8,12H,5-7H2,1-2H3. The predicted octanol–water partition coefficient (Wildman–Crippen LogP) is 4.55. The highest BCUT2D eigenvalue weighted by Crippen LogP contribution is 2.20. The number of piperidine rings is 1. The van der Waals surface area contributed by atoms with Gasteiger partial charge in [-0.2, -0.15) is 0 Å². The fourth-order valence-electron chi connectivity index (χ4n) is 4.14. The molecule has 0 atom stereocenters. The second-order valence-electron chi connectivity index (χ2n) is 9.65. The highest BCUT2D eigenvalue weighted by atomic mass is 16.5. The summed E-state index contributed by atoms with van der Waals surface area (Å²) in [5.41, 5.74) is 5.01. The Kier molecular flexibility index (Phi) is 10.1. The van der Waals surface area contributed by atoms with E-state index in [0.717, 1.165) is 70.0 Å². The van der Waals surface area contributed by atoms with Gasteiger partial charge in [-0.05, 0) is 48.4 Å². The molecule has 6 nitrogen and oxygen atoms in total. The van der Waals surface area contributed by atoms with Crippen molar-refractivity contribution in [3.8, 4) is 5.75 Å². The molecule has 0 bridgehead atoms. The van der Waals surface area contributed by atoms with E-state index < -0.39 is 0 Å². The molecular formula is C27H42N4O2. The summed E-state index contributed by atoms with van der Waals surface area (Å²) in [6.07, 6.45) is 5.41. The molecule has 0 saturated carbocycles. The van der Waals surface area contributed by atoms with Gasteiger partial charge in [0.05, 0.1) is 12.8 Å². The second kappa shape index (κ2) is 13.0. The van der Waals surface area contributed by atoms with Crippen LogP contribution in [0.2, 0.25) is 0 Å². The average molecular weight is 455 g/mol. The van der Waals surface area contributed by atoms with Crippen molar-refractivity contribution in [2.24, 2.45) is 0 Å². The van der Waals surface area contributed by atoms with Crippen molar-refractivity contribution in [1.82, 2.24) is 20.2 Å². The Labute approximate surface area is 200 Å². The minimum atomic E-state index is 0.320. The number of nitrogens with zero attached hydrogens (tertiary/aromatic N) is 3. The number of hydrogen-bond acceptors (Lipinski definition) is 6. The van der Waals surface area contributed by atoms with Crippen LogP contribution in [0.25, 0.3) is 0 Å². The molecule has 1 fully saturated rings. The summed E-state index contributed by atoms with van der Waals surface area (Å²) in [6.45, 7) is 14.8. The lowest BCUT2D eigenvalue weighted by molar-refractivity contribution is 0.0795. The molecule has 0 amide bonds. The first-order chi connectivity index (χ1) is 16.0. The molecule has 1 saturated heterocycles. The minimum Gasteiger partial charge on any atom is -0.489 e. The van der Waals surface area contributed by atoms with Gasteiger partial charge >= 0.3 is 0 Å². The van der Waals surface area contributed by atoms with Gasteiger partial charge < -0.3 is 19.7 Å². The molecule has 2 aromatic rings. The molecule has 1 N–H and O–H groups in total. The Hall–Kier alpha value is -2.02. The number of ether oxygens (including phenoxy) is 2. The number of rotatable bonds is 7. The summed E-state index contributed by atoms with van der Waals surface area (Å²) in [7, 11) is 1.75. The molecule has 6 heteroatoms. The molecule has 0 aromatic carbocycles. The summed E-state index contributed by atoms with van der Waals surface area (Å²) in [4.78, 5) is 11.6. The van der Waals surface area contributed by atoms with E-state index in [2.05, 4.69) is 66.1 Å². The van der Waals surface area contributed by atoms with E-state index in [-0.39, 0.29) is 0 Å². The third kappa shape index (κ3) is 8.05. The van der Waals surface area contributed by atoms with Gasteiger partial charge in [-0.1, -0.05) is 33.8 Å². The molecule has 0 spiro atoms. The van der Waals surface area contributed by atoms with Gasteiger partial charge in [0, 0.05) is 63.3 Å². The van der Waals surface area contributed by atoms with Crippen molar-refractivity contribution in [3.05, 3.63) is 53.1 Å². The lowest BCUT2D eigenvalue weighted by Gasteiger charge is -2.31. The van der Waals surface area contributed by atoms with Gasteiger partial charge in [0.1, 0.15) is 11.9 Å². The molecule has 2 aliphatic rings. The van der Waals surface area contributed by atoms with Crippen molar-refractivity contribution < 1.29 is 9.47 Å². The van der Waals surface area contributed by atoms with Crippen molar-refractivity contribution in [2.45, 2.75) is 71.4 Å². The first kappa shape index (κ1) is 25.6. The van der Waals surface area contributed by atoms with Crippen LogP contribution in [0.15, 0.2) is 30.5 Å². The zero-order valence-corrected chi connectivity index (χ0v) is 21.1. The lowest BCUT2D eigenvalue weighted by atomic mass is 10.0. The maximum Gasteiger partial charge on any atom is 0.138 e. The maximum atomic E-state index is 6.02. The van der Waals surface area contributed by atoms with Crippen LogP contribution in [0.4, 0.5) is 0 Å². The maximum absolute atomic E-state index is 6.02. The lowest BCUT2D eigenvalue weighted by Crippen LogP contribution is -2.39. The fourth-order valence-corrected chi connectivity index (χ4v) is 4.14. The zero-order valence-electron chi connectivity index (χ0n) is 21.1. The summed E-state index contributed by atoms with van der Waals surface area (Å²) in [5, 5.41) is 3.35. The quantitative estimate of drug-likeness (QED) is 0.663. The van der Waals surface area contributed by atoms with Gasteiger partial charge in [-0.15, -0.1) is 0 Å². The Bertz CT molecular complexity index is 831. The van der Waals surface area contributed by atoms with E-state index in [4.69, 9.17) is 9.47 Å². The number of aromatic nitrogens is 2. The van der Waals surface area contributed by atoms with E-state index in [1.807, 2.05) is 12.3 Å². The van der Waals surface area contributed by atoms with Crippen LogP contribution in [-0.4, -0.2) is 60.9 Å². The number of likely N-dealkylation sites (tertiary alicyclic amines) is 1. The van der Waals surface area contributed by atoms with Crippen LogP contribution in [0.1, 0.15) is 75.0 Å². The molecule has 33 heavy (non-hydrogen) atoms. The van der Waals surface area contributed by atoms with Crippen molar-refractivity contribution >= 4 is 0 Å². The van der Waals surface area contributed by atoms with Crippen LogP contribution < -0.4 is 10.1 Å². The first-order valence-electron chi connectivity index (χ1n) is 12.5. The van der Waals surface area contributed by atoms with Gasteiger partial charge in [-0.3, -0.25) is 9.97 Å². The Morgan fingerprint density at radius 1 is 1.03 bits per heavy atom. The predicted molar refractivity (Wildman–Crippen MR) is 134 cm³/mol. The smallest absolute Gasteiger partial charge is 0.138 e. The number of pyridine rings is 2. The van der Waals surface area contributed by atoms with Crippen LogP contribution in [0.5, 0.6) is 5.75 Å². The van der Waals surface area contributed by atoms with Gasteiger partial charge in [0.15, 0.2) is 0 Å². The van der Waals surface area contributed by atoms with Crippen molar-refractivity contribution in [2.75, 3.05) is 39.9 Å². The number of methoxy groups -OCH3 is 1. The normalized spacial score (nSPS) is 16.9. The molecule has 2 aliphatic heterocycles.